The van der Waals surface area contributed by atoms with Crippen molar-refractivity contribution >= 4 is 29.9 Å². The summed E-state index contributed by atoms with van der Waals surface area (Å²) in [6.45, 7) is 1.99. The average Bonchev–Trinajstić information content (AvgIpc) is 2.57. The van der Waals surface area contributed by atoms with Crippen molar-refractivity contribution in [2.45, 2.75) is 19.9 Å². The summed E-state index contributed by atoms with van der Waals surface area (Å²) in [5.74, 6) is -2.91. The van der Waals surface area contributed by atoms with Crippen LogP contribution in [0.2, 0.25) is 0 Å². The zero-order chi connectivity index (χ0) is 19.7. The maximum atomic E-state index is 11.9. The van der Waals surface area contributed by atoms with Gasteiger partial charge in [-0.05, 0) is 23.8 Å². The van der Waals surface area contributed by atoms with Crippen LogP contribution in [-0.4, -0.2) is 48.7 Å². The molecule has 1 unspecified atom stereocenters. The summed E-state index contributed by atoms with van der Waals surface area (Å²) < 4.78 is 14.1. The lowest BCUT2D eigenvalue weighted by atomic mass is 10.2. The molecular formula is C17H19NO8. The standard InChI is InChI=1S/C17H19NO8/c1-10(19)25-9-13(17(23)24-3)18-16(22)7-5-12-4-6-14(21)15(8-12)26-11(2)20/h4-8,13,21H,9H2,1-3H3,(H,18,22)/b7-5+. The number of phenols is 1. The molecule has 0 radical (unpaired) electrons. The molecule has 1 amide bonds. The third-order valence-electron chi connectivity index (χ3n) is 2.92. The summed E-state index contributed by atoms with van der Waals surface area (Å²) in [4.78, 5) is 45.3. The summed E-state index contributed by atoms with van der Waals surface area (Å²) in [5, 5.41) is 11.9. The number of rotatable bonds is 7. The van der Waals surface area contributed by atoms with Gasteiger partial charge in [-0.1, -0.05) is 6.07 Å². The Labute approximate surface area is 149 Å². The van der Waals surface area contributed by atoms with Crippen LogP contribution in [0.1, 0.15) is 19.4 Å². The number of ether oxygens (including phenoxy) is 3. The van der Waals surface area contributed by atoms with E-state index in [2.05, 4.69) is 10.1 Å². The van der Waals surface area contributed by atoms with Crippen molar-refractivity contribution in [1.29, 1.82) is 0 Å². The minimum atomic E-state index is -1.16. The van der Waals surface area contributed by atoms with Crippen molar-refractivity contribution in [1.82, 2.24) is 5.32 Å². The zero-order valence-corrected chi connectivity index (χ0v) is 14.5. The van der Waals surface area contributed by atoms with Gasteiger partial charge in [0.05, 0.1) is 7.11 Å². The zero-order valence-electron chi connectivity index (χ0n) is 14.5. The van der Waals surface area contributed by atoms with Crippen molar-refractivity contribution in [3.8, 4) is 11.5 Å². The van der Waals surface area contributed by atoms with Crippen LogP contribution in [0, 0.1) is 0 Å². The summed E-state index contributed by atoms with van der Waals surface area (Å²) in [6.07, 6.45) is 2.50. The highest BCUT2D eigenvalue weighted by Crippen LogP contribution is 2.27. The number of esters is 3. The van der Waals surface area contributed by atoms with Crippen LogP contribution in [-0.2, 0) is 28.7 Å². The van der Waals surface area contributed by atoms with Crippen LogP contribution < -0.4 is 10.1 Å². The molecular weight excluding hydrogens is 346 g/mol. The largest absolute Gasteiger partial charge is 0.504 e. The minimum absolute atomic E-state index is 0.0534. The van der Waals surface area contributed by atoms with Crippen molar-refractivity contribution in [3.05, 3.63) is 29.8 Å². The highest BCUT2D eigenvalue weighted by atomic mass is 16.5. The third kappa shape index (κ3) is 7.04. The molecule has 0 heterocycles. The van der Waals surface area contributed by atoms with E-state index in [0.29, 0.717) is 5.56 Å². The first-order chi connectivity index (χ1) is 12.2. The van der Waals surface area contributed by atoms with Gasteiger partial charge in [-0.3, -0.25) is 14.4 Å². The molecule has 0 aliphatic rings. The summed E-state index contributed by atoms with van der Waals surface area (Å²) >= 11 is 0. The quantitative estimate of drug-likeness (QED) is 0.407. The van der Waals surface area contributed by atoms with Gasteiger partial charge in [-0.15, -0.1) is 0 Å². The summed E-state index contributed by atoms with van der Waals surface area (Å²) in [7, 11) is 1.14. The second kappa shape index (κ2) is 9.82. The van der Waals surface area contributed by atoms with E-state index in [1.807, 2.05) is 0 Å². The Kier molecular flexibility index (Phi) is 7.81. The maximum absolute atomic E-state index is 11.9. The predicted octanol–water partition coefficient (Wildman–Crippen LogP) is 0.552. The molecule has 0 aliphatic carbocycles. The van der Waals surface area contributed by atoms with Gasteiger partial charge >= 0.3 is 17.9 Å². The fourth-order valence-corrected chi connectivity index (χ4v) is 1.77. The van der Waals surface area contributed by atoms with Gasteiger partial charge in [0, 0.05) is 19.9 Å². The monoisotopic (exact) mass is 365 g/mol. The van der Waals surface area contributed by atoms with E-state index in [9.17, 15) is 24.3 Å². The Morgan fingerprint density at radius 1 is 1.19 bits per heavy atom. The van der Waals surface area contributed by atoms with Gasteiger partial charge in [-0.2, -0.15) is 0 Å². The summed E-state index contributed by atoms with van der Waals surface area (Å²) in [6, 6.07) is 2.99. The number of benzene rings is 1. The lowest BCUT2D eigenvalue weighted by molar-refractivity contribution is -0.150. The Bertz CT molecular complexity index is 725. The maximum Gasteiger partial charge on any atom is 0.331 e. The van der Waals surface area contributed by atoms with Crippen LogP contribution >= 0.6 is 0 Å². The van der Waals surface area contributed by atoms with Crippen LogP contribution in [0.5, 0.6) is 11.5 Å². The third-order valence-corrected chi connectivity index (χ3v) is 2.92. The lowest BCUT2D eigenvalue weighted by Gasteiger charge is -2.14. The average molecular weight is 365 g/mol. The van der Waals surface area contributed by atoms with Crippen molar-refractivity contribution in [2.24, 2.45) is 0 Å². The Hall–Kier alpha value is -3.36. The number of nitrogens with one attached hydrogen (secondary N) is 1. The molecule has 0 saturated carbocycles. The van der Waals surface area contributed by atoms with Gasteiger partial charge in [0.15, 0.2) is 17.5 Å². The molecule has 0 saturated heterocycles. The molecule has 1 aromatic rings. The second-order valence-electron chi connectivity index (χ2n) is 5.04. The molecule has 1 aromatic carbocycles. The number of methoxy groups -OCH3 is 1. The molecule has 0 bridgehead atoms. The van der Waals surface area contributed by atoms with E-state index in [1.165, 1.54) is 38.1 Å². The first-order valence-electron chi connectivity index (χ1n) is 7.44. The molecule has 9 nitrogen and oxygen atoms in total. The number of hydrogen-bond donors (Lipinski definition) is 2. The van der Waals surface area contributed by atoms with Crippen LogP contribution in [0.25, 0.3) is 6.08 Å². The fraction of sp³-hybridized carbons (Fsp3) is 0.294. The normalized spacial score (nSPS) is 11.5. The highest BCUT2D eigenvalue weighted by Gasteiger charge is 2.22. The van der Waals surface area contributed by atoms with Gasteiger partial charge in [0.1, 0.15) is 6.61 Å². The van der Waals surface area contributed by atoms with Crippen molar-refractivity contribution in [2.75, 3.05) is 13.7 Å². The molecule has 0 spiro atoms. The number of carbonyl (C=O) groups is 4. The number of aromatic hydroxyl groups is 1. The molecule has 2 N–H and O–H groups in total. The van der Waals surface area contributed by atoms with Gasteiger partial charge < -0.3 is 24.6 Å². The molecule has 0 aliphatic heterocycles. The van der Waals surface area contributed by atoms with E-state index < -0.39 is 29.9 Å². The van der Waals surface area contributed by atoms with Gasteiger partial charge in [0.2, 0.25) is 5.91 Å². The summed E-state index contributed by atoms with van der Waals surface area (Å²) in [5.41, 5.74) is 0.462. The van der Waals surface area contributed by atoms with E-state index in [1.54, 1.807) is 0 Å². The molecule has 0 fully saturated rings. The molecule has 0 aromatic heterocycles. The molecule has 140 valence electrons. The second-order valence-corrected chi connectivity index (χ2v) is 5.04. The topological polar surface area (TPSA) is 128 Å². The Morgan fingerprint density at radius 3 is 2.46 bits per heavy atom. The van der Waals surface area contributed by atoms with Crippen LogP contribution in [0.4, 0.5) is 0 Å². The first-order valence-corrected chi connectivity index (χ1v) is 7.44. The van der Waals surface area contributed by atoms with Gasteiger partial charge in [-0.25, -0.2) is 4.79 Å². The van der Waals surface area contributed by atoms with E-state index in [0.717, 1.165) is 13.2 Å². The Balaban J connectivity index is 2.79. The van der Waals surface area contributed by atoms with Crippen LogP contribution in [0.15, 0.2) is 24.3 Å². The lowest BCUT2D eigenvalue weighted by Crippen LogP contribution is -2.44. The van der Waals surface area contributed by atoms with Crippen molar-refractivity contribution < 1.29 is 38.5 Å². The smallest absolute Gasteiger partial charge is 0.331 e. The van der Waals surface area contributed by atoms with Gasteiger partial charge in [0.25, 0.3) is 0 Å². The molecule has 9 heteroatoms. The number of amides is 1. The molecule has 1 rings (SSSR count). The first kappa shape index (κ1) is 20.7. The molecule has 26 heavy (non-hydrogen) atoms. The number of phenolic OH excluding ortho intramolecular Hbond substituents is 1. The van der Waals surface area contributed by atoms with E-state index >= 15 is 0 Å². The Morgan fingerprint density at radius 2 is 1.88 bits per heavy atom. The predicted molar refractivity (Wildman–Crippen MR) is 89.0 cm³/mol. The minimum Gasteiger partial charge on any atom is -0.504 e. The SMILES string of the molecule is COC(=O)C(COC(C)=O)NC(=O)/C=C/c1ccc(O)c(OC(C)=O)c1. The number of hydrogen-bond acceptors (Lipinski definition) is 8. The fourth-order valence-electron chi connectivity index (χ4n) is 1.77. The molecule has 1 atom stereocenters. The number of carbonyl (C=O) groups excluding carboxylic acids is 4. The van der Waals surface area contributed by atoms with Crippen LogP contribution in [0.3, 0.4) is 0 Å². The highest BCUT2D eigenvalue weighted by molar-refractivity contribution is 5.94. The van der Waals surface area contributed by atoms with E-state index in [4.69, 9.17) is 9.47 Å². The van der Waals surface area contributed by atoms with Crippen molar-refractivity contribution in [3.63, 3.8) is 0 Å². The van der Waals surface area contributed by atoms with E-state index in [-0.39, 0.29) is 18.1 Å².